The Hall–Kier alpha value is -0.520. The molecule has 0 bridgehead atoms. The summed E-state index contributed by atoms with van der Waals surface area (Å²) in [7, 11) is 1.40. The Kier molecular flexibility index (Phi) is 5.83. The number of rotatable bonds is 1. The monoisotopic (exact) mass is 223 g/mol. The summed E-state index contributed by atoms with van der Waals surface area (Å²) in [6.45, 7) is 3.49. The van der Waals surface area contributed by atoms with Crippen molar-refractivity contribution in [3.8, 4) is 0 Å². The molecule has 1 amide bonds. The average molecular weight is 224 g/mol. The number of piperidine rings is 1. The van der Waals surface area contributed by atoms with Crippen LogP contribution in [0.1, 0.15) is 13.3 Å². The molecule has 0 aromatic carbocycles. The molecule has 1 fully saturated rings. The van der Waals surface area contributed by atoms with Crippen molar-refractivity contribution in [2.75, 3.05) is 20.2 Å². The highest BCUT2D eigenvalue weighted by Crippen LogP contribution is 2.16. The quantitative estimate of drug-likeness (QED) is 0.497. The molecule has 2 unspecified atom stereocenters. The standard InChI is InChI=1S/C8H17N3O2.ClH/c1-6-5-11(8(12)13-2)4-3-7(6)10-9;/h6-7,10H,3-5,9H2,1-2H3;1H. The summed E-state index contributed by atoms with van der Waals surface area (Å²) in [6, 6.07) is 0.306. The number of hydrogen-bond acceptors (Lipinski definition) is 4. The van der Waals surface area contributed by atoms with Gasteiger partial charge in [-0.05, 0) is 12.3 Å². The van der Waals surface area contributed by atoms with Gasteiger partial charge in [0.25, 0.3) is 0 Å². The fraction of sp³-hybridized carbons (Fsp3) is 0.875. The van der Waals surface area contributed by atoms with Gasteiger partial charge in [-0.25, -0.2) is 4.79 Å². The molecule has 3 N–H and O–H groups in total. The van der Waals surface area contributed by atoms with E-state index in [2.05, 4.69) is 17.1 Å². The lowest BCUT2D eigenvalue weighted by molar-refractivity contribution is 0.0944. The minimum absolute atomic E-state index is 0. The number of carbonyl (C=O) groups excluding carboxylic acids is 1. The number of hydrazine groups is 1. The van der Waals surface area contributed by atoms with Crippen LogP contribution in [0, 0.1) is 5.92 Å². The molecule has 0 spiro atoms. The lowest BCUT2D eigenvalue weighted by atomic mass is 9.95. The van der Waals surface area contributed by atoms with E-state index in [4.69, 9.17) is 5.84 Å². The number of nitrogens with two attached hydrogens (primary N) is 1. The molecule has 1 rings (SSSR count). The third-order valence-electron chi connectivity index (χ3n) is 2.55. The number of likely N-dealkylation sites (tertiary alicyclic amines) is 1. The third-order valence-corrected chi connectivity index (χ3v) is 2.55. The first-order valence-corrected chi connectivity index (χ1v) is 4.48. The van der Waals surface area contributed by atoms with E-state index in [-0.39, 0.29) is 18.5 Å². The van der Waals surface area contributed by atoms with Crippen molar-refractivity contribution in [1.29, 1.82) is 0 Å². The van der Waals surface area contributed by atoms with Crippen LogP contribution in [0.25, 0.3) is 0 Å². The molecular formula is C8H18ClN3O2. The second-order valence-electron chi connectivity index (χ2n) is 3.46. The maximum absolute atomic E-state index is 11.2. The van der Waals surface area contributed by atoms with Gasteiger partial charge < -0.3 is 9.64 Å². The number of nitrogens with zero attached hydrogens (tertiary/aromatic N) is 1. The minimum Gasteiger partial charge on any atom is -0.453 e. The zero-order chi connectivity index (χ0) is 9.84. The maximum atomic E-state index is 11.2. The Morgan fingerprint density at radius 2 is 2.29 bits per heavy atom. The van der Waals surface area contributed by atoms with Crippen LogP contribution in [0.4, 0.5) is 4.79 Å². The summed E-state index contributed by atoms with van der Waals surface area (Å²) in [5.41, 5.74) is 2.75. The first kappa shape index (κ1) is 13.5. The maximum Gasteiger partial charge on any atom is 0.409 e. The van der Waals surface area contributed by atoms with E-state index < -0.39 is 0 Å². The van der Waals surface area contributed by atoms with Gasteiger partial charge >= 0.3 is 6.09 Å². The van der Waals surface area contributed by atoms with Gasteiger partial charge in [0, 0.05) is 19.1 Å². The Bertz CT molecular complexity index is 191. The normalized spacial score (nSPS) is 26.6. The Balaban J connectivity index is 0.00000169. The van der Waals surface area contributed by atoms with Crippen LogP contribution in [0.2, 0.25) is 0 Å². The van der Waals surface area contributed by atoms with E-state index >= 15 is 0 Å². The first-order chi connectivity index (χ1) is 6.19. The fourth-order valence-corrected chi connectivity index (χ4v) is 1.69. The van der Waals surface area contributed by atoms with Gasteiger partial charge in [0.15, 0.2) is 0 Å². The zero-order valence-corrected chi connectivity index (χ0v) is 9.34. The highest BCUT2D eigenvalue weighted by molar-refractivity contribution is 5.85. The van der Waals surface area contributed by atoms with Crippen LogP contribution in [0.3, 0.4) is 0 Å². The van der Waals surface area contributed by atoms with Crippen LogP contribution in [-0.2, 0) is 4.74 Å². The molecule has 1 heterocycles. The first-order valence-electron chi connectivity index (χ1n) is 4.48. The molecule has 0 aromatic rings. The number of hydrogen-bond donors (Lipinski definition) is 2. The average Bonchev–Trinajstić information content (AvgIpc) is 2.16. The molecule has 2 atom stereocenters. The Labute approximate surface area is 90.3 Å². The van der Waals surface area contributed by atoms with Gasteiger partial charge in [-0.2, -0.15) is 0 Å². The largest absolute Gasteiger partial charge is 0.453 e. The molecule has 0 aliphatic carbocycles. The molecule has 6 heteroatoms. The summed E-state index contributed by atoms with van der Waals surface area (Å²) < 4.78 is 4.64. The Morgan fingerprint density at radius 1 is 1.64 bits per heavy atom. The fourth-order valence-electron chi connectivity index (χ4n) is 1.69. The zero-order valence-electron chi connectivity index (χ0n) is 8.53. The number of halogens is 1. The second kappa shape index (κ2) is 6.06. The van der Waals surface area contributed by atoms with Crippen molar-refractivity contribution in [3.05, 3.63) is 0 Å². The van der Waals surface area contributed by atoms with Gasteiger partial charge in [-0.3, -0.25) is 11.3 Å². The number of amides is 1. The summed E-state index contributed by atoms with van der Waals surface area (Å²) in [6.07, 6.45) is 0.634. The van der Waals surface area contributed by atoms with E-state index in [0.717, 1.165) is 6.42 Å². The molecule has 1 saturated heterocycles. The molecule has 0 aromatic heterocycles. The number of ether oxygens (including phenoxy) is 1. The summed E-state index contributed by atoms with van der Waals surface area (Å²) >= 11 is 0. The summed E-state index contributed by atoms with van der Waals surface area (Å²) in [5.74, 6) is 5.74. The number of nitrogens with one attached hydrogen (secondary N) is 1. The van der Waals surface area contributed by atoms with Crippen molar-refractivity contribution in [1.82, 2.24) is 10.3 Å². The van der Waals surface area contributed by atoms with E-state index in [9.17, 15) is 4.79 Å². The Morgan fingerprint density at radius 3 is 2.71 bits per heavy atom. The lowest BCUT2D eigenvalue weighted by Crippen LogP contribution is -2.51. The van der Waals surface area contributed by atoms with Crippen LogP contribution in [0.5, 0.6) is 0 Å². The van der Waals surface area contributed by atoms with Crippen molar-refractivity contribution >= 4 is 18.5 Å². The van der Waals surface area contributed by atoms with E-state index in [1.807, 2.05) is 0 Å². The van der Waals surface area contributed by atoms with Crippen LogP contribution in [-0.4, -0.2) is 37.2 Å². The van der Waals surface area contributed by atoms with Gasteiger partial charge in [0.05, 0.1) is 7.11 Å². The van der Waals surface area contributed by atoms with Crippen molar-refractivity contribution in [2.24, 2.45) is 11.8 Å². The summed E-state index contributed by atoms with van der Waals surface area (Å²) in [4.78, 5) is 12.9. The second-order valence-corrected chi connectivity index (χ2v) is 3.46. The molecule has 14 heavy (non-hydrogen) atoms. The third kappa shape index (κ3) is 3.01. The van der Waals surface area contributed by atoms with Crippen molar-refractivity contribution in [2.45, 2.75) is 19.4 Å². The van der Waals surface area contributed by atoms with E-state index in [1.165, 1.54) is 7.11 Å². The predicted molar refractivity (Wildman–Crippen MR) is 56.1 cm³/mol. The molecule has 0 radical (unpaired) electrons. The topological polar surface area (TPSA) is 67.6 Å². The van der Waals surface area contributed by atoms with Gasteiger partial charge in [-0.15, -0.1) is 12.4 Å². The smallest absolute Gasteiger partial charge is 0.409 e. The van der Waals surface area contributed by atoms with Crippen LogP contribution < -0.4 is 11.3 Å². The molecular weight excluding hydrogens is 206 g/mol. The minimum atomic E-state index is -0.248. The van der Waals surface area contributed by atoms with Crippen LogP contribution in [0.15, 0.2) is 0 Å². The highest BCUT2D eigenvalue weighted by atomic mass is 35.5. The summed E-state index contributed by atoms with van der Waals surface area (Å²) in [5, 5.41) is 0. The van der Waals surface area contributed by atoms with Crippen LogP contribution >= 0.6 is 12.4 Å². The van der Waals surface area contributed by atoms with E-state index in [0.29, 0.717) is 25.0 Å². The molecule has 1 aliphatic rings. The van der Waals surface area contributed by atoms with Crippen molar-refractivity contribution in [3.63, 3.8) is 0 Å². The molecule has 1 aliphatic heterocycles. The molecule has 5 nitrogen and oxygen atoms in total. The van der Waals surface area contributed by atoms with Gasteiger partial charge in [0.2, 0.25) is 0 Å². The predicted octanol–water partition coefficient (Wildman–Crippen LogP) is 0.348. The van der Waals surface area contributed by atoms with E-state index in [1.54, 1.807) is 4.90 Å². The van der Waals surface area contributed by atoms with Gasteiger partial charge in [-0.1, -0.05) is 6.92 Å². The van der Waals surface area contributed by atoms with Gasteiger partial charge in [0.1, 0.15) is 0 Å². The number of methoxy groups -OCH3 is 1. The lowest BCUT2D eigenvalue weighted by Gasteiger charge is -2.35. The highest BCUT2D eigenvalue weighted by Gasteiger charge is 2.28. The SMILES string of the molecule is COC(=O)N1CCC(NN)C(C)C1.Cl. The van der Waals surface area contributed by atoms with Crippen molar-refractivity contribution < 1.29 is 9.53 Å². The molecule has 0 saturated carbocycles. The molecule has 84 valence electrons. The number of carbonyl (C=O) groups is 1.